The van der Waals surface area contributed by atoms with Crippen molar-refractivity contribution in [2.45, 2.75) is 59.0 Å². The van der Waals surface area contributed by atoms with Gasteiger partial charge in [0.2, 0.25) is 0 Å². The summed E-state index contributed by atoms with van der Waals surface area (Å²) >= 11 is 0. The molecule has 1 rings (SSSR count). The summed E-state index contributed by atoms with van der Waals surface area (Å²) in [7, 11) is 0. The molecule has 2 atom stereocenters. The van der Waals surface area contributed by atoms with Crippen LogP contribution in [0.4, 0.5) is 0 Å². The van der Waals surface area contributed by atoms with E-state index < -0.39 is 0 Å². The Morgan fingerprint density at radius 2 is 1.94 bits per heavy atom. The highest BCUT2D eigenvalue weighted by atomic mass is 16.5. The molecule has 0 aliphatic carbocycles. The molecule has 1 saturated heterocycles. The van der Waals surface area contributed by atoms with Gasteiger partial charge in [0.1, 0.15) is 0 Å². The summed E-state index contributed by atoms with van der Waals surface area (Å²) in [5.41, 5.74) is 0.192. The van der Waals surface area contributed by atoms with Gasteiger partial charge in [0.15, 0.2) is 0 Å². The maximum absolute atomic E-state index is 5.60. The first-order valence-corrected chi connectivity index (χ1v) is 7.64. The Morgan fingerprint density at radius 1 is 1.28 bits per heavy atom. The fourth-order valence-electron chi connectivity index (χ4n) is 3.34. The van der Waals surface area contributed by atoms with Crippen molar-refractivity contribution < 1.29 is 4.74 Å². The topological polar surface area (TPSA) is 24.5 Å². The van der Waals surface area contributed by atoms with Crippen molar-refractivity contribution in [2.24, 2.45) is 5.92 Å². The van der Waals surface area contributed by atoms with E-state index in [2.05, 4.69) is 44.8 Å². The minimum atomic E-state index is 0.192. The Morgan fingerprint density at radius 3 is 2.39 bits per heavy atom. The van der Waals surface area contributed by atoms with E-state index in [1.54, 1.807) is 0 Å². The Labute approximate surface area is 113 Å². The molecule has 0 amide bonds. The van der Waals surface area contributed by atoms with Crippen molar-refractivity contribution in [3.8, 4) is 0 Å². The Hall–Kier alpha value is -0.120. The normalized spacial score (nSPS) is 22.7. The summed E-state index contributed by atoms with van der Waals surface area (Å²) in [6.45, 7) is 16.7. The molecule has 1 heterocycles. The van der Waals surface area contributed by atoms with Crippen molar-refractivity contribution in [3.63, 3.8) is 0 Å². The number of nitrogens with zero attached hydrogens (tertiary/aromatic N) is 1. The molecule has 1 aliphatic heterocycles. The van der Waals surface area contributed by atoms with Crippen LogP contribution in [0.2, 0.25) is 0 Å². The third-order valence-electron chi connectivity index (χ3n) is 4.39. The highest BCUT2D eigenvalue weighted by Crippen LogP contribution is 2.29. The fourth-order valence-corrected chi connectivity index (χ4v) is 3.34. The number of likely N-dealkylation sites (N-methyl/N-ethyl adjacent to an activating group) is 1. The standard InChI is InChI=1S/C15H32N2O/c1-6-10-16-14(13-9-11-18-12-13)15(4,5)17(7-2)8-3/h13-14,16H,6-12H2,1-5H3. The zero-order valence-electron chi connectivity index (χ0n) is 13.0. The van der Waals surface area contributed by atoms with Crippen LogP contribution in [-0.2, 0) is 4.74 Å². The van der Waals surface area contributed by atoms with Gasteiger partial charge in [0.25, 0.3) is 0 Å². The summed E-state index contributed by atoms with van der Waals surface area (Å²) < 4.78 is 5.60. The molecule has 1 N–H and O–H groups in total. The summed E-state index contributed by atoms with van der Waals surface area (Å²) in [5.74, 6) is 0.659. The van der Waals surface area contributed by atoms with E-state index in [0.717, 1.165) is 32.8 Å². The lowest BCUT2D eigenvalue weighted by molar-refractivity contribution is 0.0594. The zero-order chi connectivity index (χ0) is 13.6. The van der Waals surface area contributed by atoms with Crippen LogP contribution in [-0.4, -0.2) is 49.3 Å². The molecule has 0 radical (unpaired) electrons. The average molecular weight is 256 g/mol. The van der Waals surface area contributed by atoms with Gasteiger partial charge in [0.05, 0.1) is 6.61 Å². The molecule has 3 heteroatoms. The number of hydrogen-bond acceptors (Lipinski definition) is 3. The van der Waals surface area contributed by atoms with Crippen LogP contribution in [0.3, 0.4) is 0 Å². The zero-order valence-corrected chi connectivity index (χ0v) is 13.0. The molecule has 0 aromatic carbocycles. The minimum absolute atomic E-state index is 0.192. The third-order valence-corrected chi connectivity index (χ3v) is 4.39. The minimum Gasteiger partial charge on any atom is -0.381 e. The van der Waals surface area contributed by atoms with E-state index >= 15 is 0 Å². The van der Waals surface area contributed by atoms with Gasteiger partial charge in [-0.3, -0.25) is 4.90 Å². The van der Waals surface area contributed by atoms with E-state index in [1.165, 1.54) is 12.8 Å². The molecule has 3 nitrogen and oxygen atoms in total. The number of rotatable bonds is 8. The van der Waals surface area contributed by atoms with Crippen LogP contribution in [0, 0.1) is 5.92 Å². The second-order valence-corrected chi connectivity index (χ2v) is 5.88. The van der Waals surface area contributed by atoms with Crippen LogP contribution < -0.4 is 5.32 Å². The highest BCUT2D eigenvalue weighted by Gasteiger charge is 2.39. The Kier molecular flexibility index (Phi) is 6.61. The van der Waals surface area contributed by atoms with E-state index in [1.807, 2.05) is 0 Å². The van der Waals surface area contributed by atoms with Gasteiger partial charge in [-0.2, -0.15) is 0 Å². The maximum Gasteiger partial charge on any atom is 0.0510 e. The predicted molar refractivity (Wildman–Crippen MR) is 78.0 cm³/mol. The summed E-state index contributed by atoms with van der Waals surface area (Å²) in [5, 5.41) is 3.78. The van der Waals surface area contributed by atoms with Gasteiger partial charge in [0, 0.05) is 24.1 Å². The van der Waals surface area contributed by atoms with E-state index in [-0.39, 0.29) is 5.54 Å². The molecule has 0 bridgehead atoms. The van der Waals surface area contributed by atoms with Gasteiger partial charge in [-0.25, -0.2) is 0 Å². The lowest BCUT2D eigenvalue weighted by Crippen LogP contribution is -2.60. The van der Waals surface area contributed by atoms with Gasteiger partial charge in [-0.05, 0) is 46.3 Å². The van der Waals surface area contributed by atoms with Crippen LogP contribution in [0.25, 0.3) is 0 Å². The van der Waals surface area contributed by atoms with E-state index in [0.29, 0.717) is 12.0 Å². The quantitative estimate of drug-likeness (QED) is 0.722. The summed E-state index contributed by atoms with van der Waals surface area (Å²) in [6.07, 6.45) is 2.39. The molecular weight excluding hydrogens is 224 g/mol. The first-order chi connectivity index (χ1) is 8.57. The van der Waals surface area contributed by atoms with Crippen molar-refractivity contribution in [2.75, 3.05) is 32.8 Å². The van der Waals surface area contributed by atoms with Crippen molar-refractivity contribution in [1.29, 1.82) is 0 Å². The SMILES string of the molecule is CCCNC(C1CCOC1)C(C)(C)N(CC)CC. The molecule has 0 saturated carbocycles. The Bertz CT molecular complexity index is 221. The monoisotopic (exact) mass is 256 g/mol. The average Bonchev–Trinajstić information content (AvgIpc) is 2.84. The summed E-state index contributed by atoms with van der Waals surface area (Å²) in [6, 6.07) is 0.528. The first kappa shape index (κ1) is 15.9. The molecule has 1 aliphatic rings. The highest BCUT2D eigenvalue weighted by molar-refractivity contribution is 4.97. The molecule has 0 spiro atoms. The number of nitrogens with one attached hydrogen (secondary N) is 1. The van der Waals surface area contributed by atoms with Crippen LogP contribution in [0.1, 0.15) is 47.5 Å². The number of hydrogen-bond donors (Lipinski definition) is 1. The molecule has 0 aromatic rings. The lowest BCUT2D eigenvalue weighted by Gasteiger charge is -2.46. The first-order valence-electron chi connectivity index (χ1n) is 7.64. The number of ether oxygens (including phenoxy) is 1. The second kappa shape index (κ2) is 7.46. The predicted octanol–water partition coefficient (Wildman–Crippen LogP) is 2.51. The van der Waals surface area contributed by atoms with E-state index in [4.69, 9.17) is 4.74 Å². The van der Waals surface area contributed by atoms with Crippen LogP contribution in [0.15, 0.2) is 0 Å². The van der Waals surface area contributed by atoms with Crippen molar-refractivity contribution in [1.82, 2.24) is 10.2 Å². The molecule has 2 unspecified atom stereocenters. The summed E-state index contributed by atoms with van der Waals surface area (Å²) in [4.78, 5) is 2.57. The van der Waals surface area contributed by atoms with Crippen LogP contribution in [0.5, 0.6) is 0 Å². The van der Waals surface area contributed by atoms with Gasteiger partial charge >= 0.3 is 0 Å². The largest absolute Gasteiger partial charge is 0.381 e. The van der Waals surface area contributed by atoms with Crippen molar-refractivity contribution in [3.05, 3.63) is 0 Å². The van der Waals surface area contributed by atoms with Gasteiger partial charge < -0.3 is 10.1 Å². The van der Waals surface area contributed by atoms with Crippen molar-refractivity contribution >= 4 is 0 Å². The lowest BCUT2D eigenvalue weighted by atomic mass is 9.82. The van der Waals surface area contributed by atoms with Gasteiger partial charge in [-0.15, -0.1) is 0 Å². The Balaban J connectivity index is 2.78. The maximum atomic E-state index is 5.60. The second-order valence-electron chi connectivity index (χ2n) is 5.88. The molecule has 0 aromatic heterocycles. The molecular formula is C15H32N2O. The van der Waals surface area contributed by atoms with Crippen LogP contribution >= 0.6 is 0 Å². The molecule has 18 heavy (non-hydrogen) atoms. The van der Waals surface area contributed by atoms with Gasteiger partial charge in [-0.1, -0.05) is 20.8 Å². The van der Waals surface area contributed by atoms with E-state index in [9.17, 15) is 0 Å². The molecule has 1 fully saturated rings. The fraction of sp³-hybridized carbons (Fsp3) is 1.00. The smallest absolute Gasteiger partial charge is 0.0510 e. The molecule has 108 valence electrons. The third kappa shape index (κ3) is 3.69.